The van der Waals surface area contributed by atoms with Crippen molar-refractivity contribution >= 4 is 52.0 Å². The van der Waals surface area contributed by atoms with Crippen LogP contribution in [0.1, 0.15) is 80.6 Å². The van der Waals surface area contributed by atoms with E-state index in [-0.39, 0.29) is 24.8 Å². The summed E-state index contributed by atoms with van der Waals surface area (Å²) in [7, 11) is 0. The number of benzene rings is 1. The molecule has 244 valence electrons. The van der Waals surface area contributed by atoms with Crippen LogP contribution in [0.5, 0.6) is 0 Å². The van der Waals surface area contributed by atoms with Crippen LogP contribution in [-0.4, -0.2) is 64.8 Å². The number of rotatable bonds is 11. The molecule has 4 unspecified atom stereocenters. The SMILES string of the molecule is CC/C=C\CCC1CC1[C@H](NC(=O)OC(C)(C)C)C(=O)N1CC(OSc2ccc(Br)cc2)CC1C(=O)NC(=O)OC(C)(C)C. The molecule has 1 aliphatic carbocycles. The third kappa shape index (κ3) is 11.7. The van der Waals surface area contributed by atoms with E-state index in [1.54, 1.807) is 41.5 Å². The van der Waals surface area contributed by atoms with E-state index >= 15 is 0 Å². The minimum Gasteiger partial charge on any atom is -0.444 e. The number of amides is 4. The van der Waals surface area contributed by atoms with Gasteiger partial charge in [-0.3, -0.25) is 14.9 Å². The lowest BCUT2D eigenvalue weighted by atomic mass is 10.1. The summed E-state index contributed by atoms with van der Waals surface area (Å²) in [5, 5.41) is 5.10. The van der Waals surface area contributed by atoms with Gasteiger partial charge >= 0.3 is 12.2 Å². The van der Waals surface area contributed by atoms with Crippen LogP contribution in [0.3, 0.4) is 0 Å². The van der Waals surface area contributed by atoms with Crippen LogP contribution in [-0.2, 0) is 23.2 Å². The Balaban J connectivity index is 1.81. The molecule has 2 fully saturated rings. The van der Waals surface area contributed by atoms with E-state index in [0.29, 0.717) is 0 Å². The number of alkyl carbamates (subject to hydrolysis) is 2. The van der Waals surface area contributed by atoms with Crippen molar-refractivity contribution in [3.05, 3.63) is 40.9 Å². The Bertz CT molecular complexity index is 1200. The Labute approximate surface area is 273 Å². The van der Waals surface area contributed by atoms with Gasteiger partial charge in [0.15, 0.2) is 0 Å². The van der Waals surface area contributed by atoms with Crippen LogP contribution in [0.2, 0.25) is 0 Å². The first kappa shape index (κ1) is 35.9. The third-order valence-corrected chi connectivity index (χ3v) is 8.38. The minimum absolute atomic E-state index is 0.100. The maximum absolute atomic E-state index is 14.2. The molecule has 0 radical (unpaired) electrons. The molecule has 1 aromatic carbocycles. The highest BCUT2D eigenvalue weighted by atomic mass is 79.9. The van der Waals surface area contributed by atoms with E-state index in [2.05, 4.69) is 45.6 Å². The summed E-state index contributed by atoms with van der Waals surface area (Å²) in [6.07, 6.45) is 5.83. The number of halogens is 1. The molecule has 1 heterocycles. The minimum atomic E-state index is -1.00. The molecule has 44 heavy (non-hydrogen) atoms. The maximum Gasteiger partial charge on any atom is 0.414 e. The molecule has 4 amide bonds. The van der Waals surface area contributed by atoms with Crippen molar-refractivity contribution in [2.24, 2.45) is 11.8 Å². The average Bonchev–Trinajstić information content (AvgIpc) is 3.53. The van der Waals surface area contributed by atoms with Gasteiger partial charge in [0.25, 0.3) is 5.91 Å². The van der Waals surface area contributed by atoms with Crippen LogP contribution in [0.4, 0.5) is 9.59 Å². The van der Waals surface area contributed by atoms with Crippen LogP contribution in [0.15, 0.2) is 45.8 Å². The van der Waals surface area contributed by atoms with Crippen molar-refractivity contribution in [3.63, 3.8) is 0 Å². The van der Waals surface area contributed by atoms with Crippen molar-refractivity contribution in [3.8, 4) is 0 Å². The third-order valence-electron chi connectivity index (χ3n) is 7.02. The molecule has 2 aliphatic rings. The van der Waals surface area contributed by atoms with Gasteiger partial charge in [-0.05, 0) is 103 Å². The van der Waals surface area contributed by atoms with Gasteiger partial charge in [0.2, 0.25) is 5.91 Å². The summed E-state index contributed by atoms with van der Waals surface area (Å²) in [4.78, 5) is 55.2. The largest absolute Gasteiger partial charge is 0.444 e. The molecule has 1 aromatic rings. The van der Waals surface area contributed by atoms with E-state index in [9.17, 15) is 19.2 Å². The van der Waals surface area contributed by atoms with Crippen molar-refractivity contribution in [2.45, 2.75) is 115 Å². The summed E-state index contributed by atoms with van der Waals surface area (Å²) >= 11 is 4.57. The van der Waals surface area contributed by atoms with Crippen molar-refractivity contribution in [2.75, 3.05) is 6.54 Å². The van der Waals surface area contributed by atoms with Crippen LogP contribution >= 0.6 is 28.0 Å². The zero-order valence-electron chi connectivity index (χ0n) is 26.7. The highest BCUT2D eigenvalue weighted by Crippen LogP contribution is 2.45. The summed E-state index contributed by atoms with van der Waals surface area (Å²) in [5.41, 5.74) is -1.56. The van der Waals surface area contributed by atoms with Gasteiger partial charge in [0, 0.05) is 34.4 Å². The number of ether oxygens (including phenoxy) is 2. The highest BCUT2D eigenvalue weighted by Gasteiger charge is 2.51. The zero-order chi connectivity index (χ0) is 32.7. The number of nitrogens with one attached hydrogen (secondary N) is 2. The van der Waals surface area contributed by atoms with Gasteiger partial charge in [-0.1, -0.05) is 35.0 Å². The molecule has 1 aliphatic heterocycles. The zero-order valence-corrected chi connectivity index (χ0v) is 29.1. The molecular formula is C32H46BrN3O7S. The Morgan fingerprint density at radius 1 is 1.00 bits per heavy atom. The van der Waals surface area contributed by atoms with Gasteiger partial charge in [-0.15, -0.1) is 0 Å². The Kier molecular flexibility index (Phi) is 12.7. The Hall–Kier alpha value is -2.57. The Morgan fingerprint density at radius 2 is 1.64 bits per heavy atom. The van der Waals surface area contributed by atoms with Crippen LogP contribution in [0.25, 0.3) is 0 Å². The van der Waals surface area contributed by atoms with Gasteiger partial charge in [0.05, 0.1) is 6.10 Å². The first-order chi connectivity index (χ1) is 20.6. The molecule has 1 saturated carbocycles. The first-order valence-electron chi connectivity index (χ1n) is 15.1. The fourth-order valence-electron chi connectivity index (χ4n) is 5.03. The molecule has 10 nitrogen and oxygen atoms in total. The highest BCUT2D eigenvalue weighted by molar-refractivity contribution is 9.10. The van der Waals surface area contributed by atoms with Crippen molar-refractivity contribution in [1.82, 2.24) is 15.5 Å². The second-order valence-electron chi connectivity index (χ2n) is 13.2. The first-order valence-corrected chi connectivity index (χ1v) is 16.7. The molecule has 0 bridgehead atoms. The van der Waals surface area contributed by atoms with Gasteiger partial charge < -0.3 is 23.9 Å². The molecule has 12 heteroatoms. The smallest absolute Gasteiger partial charge is 0.414 e. The number of carbonyl (C=O) groups excluding carboxylic acids is 4. The molecule has 0 aromatic heterocycles. The molecule has 3 rings (SSSR count). The van der Waals surface area contributed by atoms with Crippen molar-refractivity contribution < 1.29 is 32.8 Å². The molecule has 0 spiro atoms. The average molecular weight is 697 g/mol. The van der Waals surface area contributed by atoms with Crippen molar-refractivity contribution in [1.29, 1.82) is 0 Å². The summed E-state index contributed by atoms with van der Waals surface area (Å²) in [6, 6.07) is 5.68. The topological polar surface area (TPSA) is 123 Å². The van der Waals surface area contributed by atoms with Gasteiger partial charge in [0.1, 0.15) is 23.3 Å². The van der Waals surface area contributed by atoms with E-state index in [4.69, 9.17) is 13.7 Å². The summed E-state index contributed by atoms with van der Waals surface area (Å²) < 4.78 is 17.8. The number of carbonyl (C=O) groups is 4. The molecule has 5 atom stereocenters. The standard InChI is InChI=1S/C32H46BrN3O7S/c1-8-9-10-11-12-20-17-24(20)26(34-29(39)41-31(2,3)4)28(38)36-19-22(43-44-23-15-13-21(33)14-16-23)18-25(36)27(37)35-30(40)42-32(5,6)7/h9-10,13-16,20,22,24-26H,8,11-12,17-19H2,1-7H3,(H,34,39)(H,35,37,40)/b10-9-/t20?,22?,24?,25?,26-/m0/s1. The fraction of sp³-hybridized carbons (Fsp3) is 0.625. The monoisotopic (exact) mass is 695 g/mol. The van der Waals surface area contributed by atoms with Gasteiger partial charge in [-0.25, -0.2) is 9.59 Å². The fourth-order valence-corrected chi connectivity index (χ4v) is 5.93. The summed E-state index contributed by atoms with van der Waals surface area (Å²) in [6.45, 7) is 12.5. The van der Waals surface area contributed by atoms with E-state index in [1.807, 2.05) is 24.3 Å². The van der Waals surface area contributed by atoms with Gasteiger partial charge in [-0.2, -0.15) is 0 Å². The normalized spacial score (nSPS) is 22.4. The quantitative estimate of drug-likeness (QED) is 0.192. The molecular weight excluding hydrogens is 650 g/mol. The number of nitrogens with zero attached hydrogens (tertiary/aromatic N) is 1. The second-order valence-corrected chi connectivity index (χ2v) is 15.0. The lowest BCUT2D eigenvalue weighted by molar-refractivity contribution is -0.140. The number of likely N-dealkylation sites (tertiary alicyclic amines) is 1. The van der Waals surface area contributed by atoms with Crippen LogP contribution < -0.4 is 10.6 Å². The van der Waals surface area contributed by atoms with E-state index in [1.165, 1.54) is 4.90 Å². The predicted molar refractivity (Wildman–Crippen MR) is 173 cm³/mol. The second kappa shape index (κ2) is 15.6. The lowest BCUT2D eigenvalue weighted by Gasteiger charge is -2.30. The van der Waals surface area contributed by atoms with E-state index < -0.39 is 53.4 Å². The number of hydrogen-bond acceptors (Lipinski definition) is 8. The molecule has 2 N–H and O–H groups in total. The predicted octanol–water partition coefficient (Wildman–Crippen LogP) is 6.77. The summed E-state index contributed by atoms with van der Waals surface area (Å²) in [5.74, 6) is -0.925. The number of allylic oxidation sites excluding steroid dienone is 2. The molecule has 1 saturated heterocycles. The number of hydrogen-bond donors (Lipinski definition) is 2. The number of imide groups is 1. The van der Waals surface area contributed by atoms with E-state index in [0.717, 1.165) is 47.1 Å². The van der Waals surface area contributed by atoms with Crippen LogP contribution in [0, 0.1) is 11.8 Å². The lowest BCUT2D eigenvalue weighted by Crippen LogP contribution is -2.55. The Morgan fingerprint density at radius 3 is 2.25 bits per heavy atom. The maximum atomic E-state index is 14.2.